The second-order valence-corrected chi connectivity index (χ2v) is 9.07. The number of aryl methyl sites for hydroxylation is 3. The maximum absolute atomic E-state index is 13.6. The van der Waals surface area contributed by atoms with Crippen molar-refractivity contribution < 1.29 is 18.5 Å². The molecule has 4 rings (SSSR count). The van der Waals surface area contributed by atoms with E-state index < -0.39 is 23.2 Å². The fourth-order valence-electron chi connectivity index (χ4n) is 4.37. The lowest BCUT2D eigenvalue weighted by molar-refractivity contribution is -0.577. The molecule has 1 aromatic carbocycles. The molecule has 34 heavy (non-hydrogen) atoms. The molecule has 0 spiro atoms. The lowest BCUT2D eigenvalue weighted by Crippen LogP contribution is -2.41. The number of nitrogens with one attached hydrogen (secondary N) is 1. The molecule has 0 saturated heterocycles. The zero-order valence-electron chi connectivity index (χ0n) is 20.0. The van der Waals surface area contributed by atoms with E-state index in [0.717, 1.165) is 11.1 Å². The number of aromatic amines is 1. The Kier molecular flexibility index (Phi) is 6.08. The molecule has 0 atom stereocenters. The lowest BCUT2D eigenvalue weighted by atomic mass is 10.0. The Morgan fingerprint density at radius 3 is 2.18 bits per heavy atom. The molecule has 0 aliphatic carbocycles. The van der Waals surface area contributed by atoms with E-state index >= 15 is 0 Å². The zero-order chi connectivity index (χ0) is 24.7. The SMILES string of the molecule is CCc1[nH]n(-c2ccc(F)cc2)c(=O)c1C1=C([n+]2cc(C)cc(C)c2)C(=O)N(CC(C)C)C1=O. The standard InChI is InChI=1S/C26H27FN4O3/c1-6-20-21(25(33)31(28-20)19-9-7-18(27)8-10-19)22-23(29-13-16(4)11-17(5)14-29)26(34)30(24(22)32)12-15(2)3/h7-11,13-15H,6,12H2,1-5H3/p+1. The van der Waals surface area contributed by atoms with Gasteiger partial charge in [0.15, 0.2) is 12.4 Å². The van der Waals surface area contributed by atoms with Crippen molar-refractivity contribution in [2.75, 3.05) is 6.54 Å². The molecule has 0 saturated carbocycles. The third kappa shape index (κ3) is 4.00. The van der Waals surface area contributed by atoms with Crippen LogP contribution in [-0.4, -0.2) is 33.0 Å². The van der Waals surface area contributed by atoms with Gasteiger partial charge < -0.3 is 0 Å². The number of H-pyrrole nitrogens is 1. The number of hydrogen-bond donors (Lipinski definition) is 1. The second kappa shape index (κ2) is 8.85. The molecule has 1 aliphatic rings. The number of halogens is 1. The minimum atomic E-state index is -0.489. The first-order valence-corrected chi connectivity index (χ1v) is 11.3. The van der Waals surface area contributed by atoms with Gasteiger partial charge >= 0.3 is 5.91 Å². The Morgan fingerprint density at radius 2 is 1.62 bits per heavy atom. The van der Waals surface area contributed by atoms with E-state index in [1.54, 1.807) is 17.0 Å². The first-order valence-electron chi connectivity index (χ1n) is 11.3. The summed E-state index contributed by atoms with van der Waals surface area (Å²) in [6.07, 6.45) is 3.99. The number of imide groups is 1. The molecule has 0 bridgehead atoms. The molecule has 176 valence electrons. The van der Waals surface area contributed by atoms with Crippen molar-refractivity contribution >= 4 is 23.1 Å². The molecule has 0 unspecified atom stereocenters. The molecule has 1 aliphatic heterocycles. The summed E-state index contributed by atoms with van der Waals surface area (Å²) in [6.45, 7) is 9.78. The van der Waals surface area contributed by atoms with Gasteiger partial charge in [0.05, 0.1) is 11.3 Å². The number of hydrogen-bond acceptors (Lipinski definition) is 3. The topological polar surface area (TPSA) is 79.1 Å². The summed E-state index contributed by atoms with van der Waals surface area (Å²) in [5.74, 6) is -1.28. The molecule has 3 heterocycles. The van der Waals surface area contributed by atoms with E-state index in [4.69, 9.17) is 0 Å². The molecule has 3 aromatic rings. The van der Waals surface area contributed by atoms with Crippen molar-refractivity contribution in [1.29, 1.82) is 0 Å². The highest BCUT2D eigenvalue weighted by atomic mass is 19.1. The van der Waals surface area contributed by atoms with Crippen LogP contribution in [0.4, 0.5) is 4.39 Å². The first kappa shape index (κ1) is 23.4. The minimum Gasteiger partial charge on any atom is -0.294 e. The molecule has 0 fully saturated rings. The summed E-state index contributed by atoms with van der Waals surface area (Å²) in [7, 11) is 0. The van der Waals surface area contributed by atoms with Gasteiger partial charge in [-0.3, -0.25) is 24.4 Å². The molecule has 1 N–H and O–H groups in total. The predicted octanol–water partition coefficient (Wildman–Crippen LogP) is 3.16. The van der Waals surface area contributed by atoms with Crippen LogP contribution in [0.5, 0.6) is 0 Å². The summed E-state index contributed by atoms with van der Waals surface area (Å²) in [6, 6.07) is 7.46. The van der Waals surface area contributed by atoms with Gasteiger partial charge in [0.2, 0.25) is 0 Å². The Labute approximate surface area is 197 Å². The molecule has 0 radical (unpaired) electrons. The normalized spacial score (nSPS) is 14.1. The highest BCUT2D eigenvalue weighted by Crippen LogP contribution is 2.31. The summed E-state index contributed by atoms with van der Waals surface area (Å²) in [4.78, 5) is 42.0. The second-order valence-electron chi connectivity index (χ2n) is 9.07. The average Bonchev–Trinajstić information content (AvgIpc) is 3.21. The van der Waals surface area contributed by atoms with Crippen molar-refractivity contribution in [1.82, 2.24) is 14.7 Å². The van der Waals surface area contributed by atoms with Gasteiger partial charge in [0.1, 0.15) is 11.4 Å². The van der Waals surface area contributed by atoms with Crippen molar-refractivity contribution in [3.05, 3.63) is 81.3 Å². The van der Waals surface area contributed by atoms with Crippen LogP contribution in [0.3, 0.4) is 0 Å². The van der Waals surface area contributed by atoms with Crippen LogP contribution < -0.4 is 10.1 Å². The third-order valence-corrected chi connectivity index (χ3v) is 5.74. The van der Waals surface area contributed by atoms with Gasteiger partial charge in [-0.15, -0.1) is 0 Å². The third-order valence-electron chi connectivity index (χ3n) is 5.74. The molecular formula is C26H28FN4O3+. The molecule has 7 nitrogen and oxygen atoms in total. The Bertz CT molecular complexity index is 1360. The number of amides is 2. The fraction of sp³-hybridized carbons (Fsp3) is 0.308. The number of aromatic nitrogens is 3. The molecular weight excluding hydrogens is 435 g/mol. The first-order chi connectivity index (χ1) is 16.1. The Morgan fingerprint density at radius 1 is 1.00 bits per heavy atom. The molecule has 8 heteroatoms. The quantitative estimate of drug-likeness (QED) is 0.451. The van der Waals surface area contributed by atoms with Gasteiger partial charge in [-0.05, 0) is 56.5 Å². The average molecular weight is 464 g/mol. The van der Waals surface area contributed by atoms with Gasteiger partial charge in [-0.1, -0.05) is 20.8 Å². The summed E-state index contributed by atoms with van der Waals surface area (Å²) in [5.41, 5.74) is 2.75. The summed E-state index contributed by atoms with van der Waals surface area (Å²) in [5, 5.41) is 3.05. The minimum absolute atomic E-state index is 0.0606. The van der Waals surface area contributed by atoms with E-state index in [2.05, 4.69) is 5.10 Å². The van der Waals surface area contributed by atoms with E-state index in [9.17, 15) is 18.8 Å². The van der Waals surface area contributed by atoms with Crippen LogP contribution >= 0.6 is 0 Å². The van der Waals surface area contributed by atoms with Gasteiger partial charge in [-0.25, -0.2) is 9.07 Å². The van der Waals surface area contributed by atoms with Crippen LogP contribution in [0.1, 0.15) is 43.2 Å². The van der Waals surface area contributed by atoms with Crippen molar-refractivity contribution in [2.24, 2.45) is 5.92 Å². The van der Waals surface area contributed by atoms with Crippen LogP contribution in [0.25, 0.3) is 17.0 Å². The summed E-state index contributed by atoms with van der Waals surface area (Å²) >= 11 is 0. The monoisotopic (exact) mass is 463 g/mol. The number of pyridine rings is 1. The van der Waals surface area contributed by atoms with Crippen LogP contribution in [0, 0.1) is 25.6 Å². The number of rotatable bonds is 6. The summed E-state index contributed by atoms with van der Waals surface area (Å²) < 4.78 is 16.4. The maximum Gasteiger partial charge on any atom is 0.326 e. The predicted molar refractivity (Wildman–Crippen MR) is 127 cm³/mol. The maximum atomic E-state index is 13.6. The fourth-order valence-corrected chi connectivity index (χ4v) is 4.37. The van der Waals surface area contributed by atoms with Crippen molar-refractivity contribution in [2.45, 2.75) is 41.0 Å². The van der Waals surface area contributed by atoms with Crippen LogP contribution in [0.15, 0.2) is 47.5 Å². The smallest absolute Gasteiger partial charge is 0.294 e. The van der Waals surface area contributed by atoms with Crippen molar-refractivity contribution in [3.63, 3.8) is 0 Å². The van der Waals surface area contributed by atoms with E-state index in [1.165, 1.54) is 33.8 Å². The highest BCUT2D eigenvalue weighted by molar-refractivity contribution is 6.44. The highest BCUT2D eigenvalue weighted by Gasteiger charge is 2.47. The number of nitrogens with zero attached hydrogens (tertiary/aromatic N) is 3. The van der Waals surface area contributed by atoms with E-state index in [0.29, 0.717) is 17.8 Å². The van der Waals surface area contributed by atoms with E-state index in [1.807, 2.05) is 40.7 Å². The molecule has 2 aromatic heterocycles. The van der Waals surface area contributed by atoms with Gasteiger partial charge in [0, 0.05) is 23.4 Å². The lowest BCUT2D eigenvalue weighted by Gasteiger charge is -2.16. The Balaban J connectivity index is 2.01. The van der Waals surface area contributed by atoms with Gasteiger partial charge in [-0.2, -0.15) is 4.57 Å². The zero-order valence-corrected chi connectivity index (χ0v) is 20.0. The number of carbonyl (C=O) groups is 2. The van der Waals surface area contributed by atoms with Crippen molar-refractivity contribution in [3.8, 4) is 5.69 Å². The number of carbonyl (C=O) groups excluding carboxylic acids is 2. The number of benzene rings is 1. The van der Waals surface area contributed by atoms with Crippen LogP contribution in [-0.2, 0) is 16.0 Å². The largest absolute Gasteiger partial charge is 0.326 e. The van der Waals surface area contributed by atoms with Gasteiger partial charge in [0.25, 0.3) is 17.2 Å². The van der Waals surface area contributed by atoms with E-state index in [-0.39, 0.29) is 29.3 Å². The Hall–Kier alpha value is -3.81. The molecule has 2 amide bonds. The van der Waals surface area contributed by atoms with Crippen LogP contribution in [0.2, 0.25) is 0 Å².